The van der Waals surface area contributed by atoms with Crippen molar-refractivity contribution in [3.8, 4) is 0 Å². The summed E-state index contributed by atoms with van der Waals surface area (Å²) in [6.07, 6.45) is 3.16. The van der Waals surface area contributed by atoms with Gasteiger partial charge in [-0.25, -0.2) is 0 Å². The quantitative estimate of drug-likeness (QED) is 0.803. The molecular weight excluding hydrogens is 228 g/mol. The molecule has 0 saturated carbocycles. The molecule has 1 amide bonds. The number of aromatic nitrogens is 1. The van der Waals surface area contributed by atoms with Gasteiger partial charge in [-0.1, -0.05) is 0 Å². The van der Waals surface area contributed by atoms with Crippen LogP contribution in [0.1, 0.15) is 23.2 Å². The summed E-state index contributed by atoms with van der Waals surface area (Å²) in [4.78, 5) is 17.2. The minimum absolute atomic E-state index is 0.0110. The molecule has 1 unspecified atom stereocenters. The topological polar surface area (TPSA) is 56.3 Å². The Labute approximate surface area is 105 Å². The Morgan fingerprint density at radius 3 is 3.11 bits per heavy atom. The third-order valence-corrected chi connectivity index (χ3v) is 3.48. The first-order chi connectivity index (χ1) is 8.74. The highest BCUT2D eigenvalue weighted by Gasteiger charge is 2.23. The molecule has 1 atom stereocenters. The van der Waals surface area contributed by atoms with E-state index in [1.807, 2.05) is 30.5 Å². The van der Waals surface area contributed by atoms with Gasteiger partial charge in [-0.2, -0.15) is 0 Å². The van der Waals surface area contributed by atoms with Gasteiger partial charge in [-0.15, -0.1) is 0 Å². The van der Waals surface area contributed by atoms with E-state index in [4.69, 9.17) is 0 Å². The van der Waals surface area contributed by atoms with Crippen LogP contribution in [0.4, 0.5) is 0 Å². The number of amides is 1. The summed E-state index contributed by atoms with van der Waals surface area (Å²) in [5.41, 5.74) is 1.72. The minimum Gasteiger partial charge on any atom is -0.391 e. The van der Waals surface area contributed by atoms with Crippen LogP contribution in [0.5, 0.6) is 0 Å². The van der Waals surface area contributed by atoms with Gasteiger partial charge in [0.15, 0.2) is 0 Å². The van der Waals surface area contributed by atoms with Crippen molar-refractivity contribution in [2.45, 2.75) is 18.9 Å². The minimum atomic E-state index is -0.376. The van der Waals surface area contributed by atoms with E-state index >= 15 is 0 Å². The first kappa shape index (κ1) is 11.3. The van der Waals surface area contributed by atoms with E-state index in [-0.39, 0.29) is 12.0 Å². The maximum Gasteiger partial charge on any atom is 0.253 e. The molecule has 1 aromatic carbocycles. The summed E-state index contributed by atoms with van der Waals surface area (Å²) >= 11 is 0. The largest absolute Gasteiger partial charge is 0.391 e. The lowest BCUT2D eigenvalue weighted by Crippen LogP contribution is -2.42. The SMILES string of the molecule is O=C(c1ccc2[nH]ccc2c1)N1CCCC(O)C1. The van der Waals surface area contributed by atoms with E-state index in [2.05, 4.69) is 4.98 Å². The summed E-state index contributed by atoms with van der Waals surface area (Å²) in [5, 5.41) is 10.7. The number of fused-ring (bicyclic) bond motifs is 1. The number of nitrogens with one attached hydrogen (secondary N) is 1. The smallest absolute Gasteiger partial charge is 0.253 e. The third kappa shape index (κ3) is 1.99. The Hall–Kier alpha value is -1.81. The number of benzene rings is 1. The lowest BCUT2D eigenvalue weighted by Gasteiger charge is -2.30. The number of H-pyrrole nitrogens is 1. The third-order valence-electron chi connectivity index (χ3n) is 3.48. The van der Waals surface area contributed by atoms with Gasteiger partial charge in [-0.05, 0) is 37.1 Å². The predicted octanol–water partition coefficient (Wildman–Crippen LogP) is 1.76. The maximum absolute atomic E-state index is 12.3. The Morgan fingerprint density at radius 2 is 2.28 bits per heavy atom. The van der Waals surface area contributed by atoms with Crippen molar-refractivity contribution in [3.05, 3.63) is 36.0 Å². The summed E-state index contributed by atoms with van der Waals surface area (Å²) in [6, 6.07) is 7.61. The number of β-amino-alcohol motifs (C(OH)–C–C–N with tert-alkyl or cyclic N) is 1. The number of rotatable bonds is 1. The van der Waals surface area contributed by atoms with E-state index in [9.17, 15) is 9.90 Å². The fourth-order valence-electron chi connectivity index (χ4n) is 2.51. The second-order valence-electron chi connectivity index (χ2n) is 4.83. The van der Waals surface area contributed by atoms with Gasteiger partial charge >= 0.3 is 0 Å². The van der Waals surface area contributed by atoms with Gasteiger partial charge < -0.3 is 15.0 Å². The van der Waals surface area contributed by atoms with Crippen LogP contribution in [-0.2, 0) is 0 Å². The van der Waals surface area contributed by atoms with Crippen LogP contribution in [0.3, 0.4) is 0 Å². The highest BCUT2D eigenvalue weighted by molar-refractivity contribution is 5.98. The fourth-order valence-corrected chi connectivity index (χ4v) is 2.51. The van der Waals surface area contributed by atoms with Gasteiger partial charge in [0.05, 0.1) is 6.10 Å². The normalized spacial score (nSPS) is 20.3. The summed E-state index contributed by atoms with van der Waals surface area (Å²) in [5.74, 6) is 0.0110. The molecule has 1 aliphatic heterocycles. The first-order valence-corrected chi connectivity index (χ1v) is 6.28. The van der Waals surface area contributed by atoms with E-state index in [1.165, 1.54) is 0 Å². The number of nitrogens with zero attached hydrogens (tertiary/aromatic N) is 1. The van der Waals surface area contributed by atoms with Gasteiger partial charge in [0.1, 0.15) is 0 Å². The summed E-state index contributed by atoms with van der Waals surface area (Å²) < 4.78 is 0. The van der Waals surface area contributed by atoms with Crippen LogP contribution in [0.15, 0.2) is 30.5 Å². The molecule has 0 bridgehead atoms. The van der Waals surface area contributed by atoms with E-state index < -0.39 is 0 Å². The van der Waals surface area contributed by atoms with E-state index in [0.29, 0.717) is 12.1 Å². The van der Waals surface area contributed by atoms with Crippen molar-refractivity contribution in [1.29, 1.82) is 0 Å². The number of hydrogen-bond donors (Lipinski definition) is 2. The fraction of sp³-hybridized carbons (Fsp3) is 0.357. The average molecular weight is 244 g/mol. The molecule has 2 heterocycles. The highest BCUT2D eigenvalue weighted by Crippen LogP contribution is 2.18. The standard InChI is InChI=1S/C14H16N2O2/c17-12-2-1-7-16(9-12)14(18)11-3-4-13-10(8-11)5-6-15-13/h3-6,8,12,15,17H,1-2,7,9H2. The molecule has 0 radical (unpaired) electrons. The van der Waals surface area contributed by atoms with E-state index in [0.717, 1.165) is 30.3 Å². The number of aliphatic hydroxyl groups excluding tert-OH is 1. The number of aliphatic hydroxyl groups is 1. The van der Waals surface area contributed by atoms with Crippen molar-refractivity contribution >= 4 is 16.8 Å². The molecule has 1 aromatic heterocycles. The molecule has 2 N–H and O–H groups in total. The van der Waals surface area contributed by atoms with Crippen LogP contribution in [0.25, 0.3) is 10.9 Å². The van der Waals surface area contributed by atoms with E-state index in [1.54, 1.807) is 4.90 Å². The number of hydrogen-bond acceptors (Lipinski definition) is 2. The van der Waals surface area contributed by atoms with Crippen molar-refractivity contribution in [2.75, 3.05) is 13.1 Å². The zero-order valence-corrected chi connectivity index (χ0v) is 10.1. The molecule has 1 aliphatic rings. The predicted molar refractivity (Wildman–Crippen MR) is 69.4 cm³/mol. The van der Waals surface area contributed by atoms with Crippen molar-refractivity contribution in [2.24, 2.45) is 0 Å². The Kier molecular flexibility index (Phi) is 2.80. The van der Waals surface area contributed by atoms with Crippen LogP contribution in [0, 0.1) is 0 Å². The number of piperidine rings is 1. The molecular formula is C14H16N2O2. The molecule has 1 saturated heterocycles. The maximum atomic E-state index is 12.3. The van der Waals surface area contributed by atoms with Crippen molar-refractivity contribution in [3.63, 3.8) is 0 Å². The van der Waals surface area contributed by atoms with Gasteiger partial charge in [0.2, 0.25) is 0 Å². The lowest BCUT2D eigenvalue weighted by molar-refractivity contribution is 0.0474. The molecule has 4 heteroatoms. The van der Waals surface area contributed by atoms with Crippen LogP contribution >= 0.6 is 0 Å². The average Bonchev–Trinajstić information content (AvgIpc) is 2.85. The zero-order chi connectivity index (χ0) is 12.5. The molecule has 4 nitrogen and oxygen atoms in total. The number of carbonyl (C=O) groups excluding carboxylic acids is 1. The molecule has 0 spiro atoms. The number of carbonyl (C=O) groups is 1. The molecule has 2 aromatic rings. The first-order valence-electron chi connectivity index (χ1n) is 6.28. The summed E-state index contributed by atoms with van der Waals surface area (Å²) in [6.45, 7) is 1.19. The highest BCUT2D eigenvalue weighted by atomic mass is 16.3. The lowest BCUT2D eigenvalue weighted by atomic mass is 10.1. The van der Waals surface area contributed by atoms with Crippen LogP contribution in [-0.4, -0.2) is 40.1 Å². The molecule has 18 heavy (non-hydrogen) atoms. The molecule has 0 aliphatic carbocycles. The van der Waals surface area contributed by atoms with Crippen molar-refractivity contribution in [1.82, 2.24) is 9.88 Å². The van der Waals surface area contributed by atoms with Gasteiger partial charge in [-0.3, -0.25) is 4.79 Å². The Morgan fingerprint density at radius 1 is 1.39 bits per heavy atom. The van der Waals surface area contributed by atoms with Crippen LogP contribution < -0.4 is 0 Å². The van der Waals surface area contributed by atoms with Crippen molar-refractivity contribution < 1.29 is 9.90 Å². The molecule has 1 fully saturated rings. The van der Waals surface area contributed by atoms with Gasteiger partial charge in [0, 0.05) is 35.8 Å². The second kappa shape index (κ2) is 4.46. The Bertz CT molecular complexity index is 576. The number of likely N-dealkylation sites (tertiary alicyclic amines) is 1. The monoisotopic (exact) mass is 244 g/mol. The van der Waals surface area contributed by atoms with Crippen LogP contribution in [0.2, 0.25) is 0 Å². The zero-order valence-electron chi connectivity index (χ0n) is 10.1. The number of aromatic amines is 1. The Balaban J connectivity index is 1.86. The molecule has 3 rings (SSSR count). The van der Waals surface area contributed by atoms with Gasteiger partial charge in [0.25, 0.3) is 5.91 Å². The summed E-state index contributed by atoms with van der Waals surface area (Å²) in [7, 11) is 0. The molecule has 94 valence electrons. The second-order valence-corrected chi connectivity index (χ2v) is 4.83.